The van der Waals surface area contributed by atoms with E-state index in [0.29, 0.717) is 5.41 Å². The Labute approximate surface area is 205 Å². The average Bonchev–Trinajstić information content (AvgIpc) is 3.08. The summed E-state index contributed by atoms with van der Waals surface area (Å²) in [6.07, 6.45) is 14.7. The molecule has 4 rings (SSSR count). The Morgan fingerprint density at radius 1 is 1.09 bits per heavy atom. The van der Waals surface area contributed by atoms with Crippen molar-refractivity contribution in [3.8, 4) is 0 Å². The molecule has 0 aromatic rings. The van der Waals surface area contributed by atoms with Gasteiger partial charge in [-0.1, -0.05) is 31.9 Å². The fraction of sp³-hybridized carbons (Fsp3) is 0.862. The van der Waals surface area contributed by atoms with Crippen LogP contribution in [0.5, 0.6) is 0 Å². The number of aliphatic hydroxyl groups is 1. The molecule has 3 saturated carbocycles. The summed E-state index contributed by atoms with van der Waals surface area (Å²) in [5.74, 6) is 1.76. The number of esters is 1. The van der Waals surface area contributed by atoms with Gasteiger partial charge in [-0.2, -0.15) is 0 Å². The van der Waals surface area contributed by atoms with Gasteiger partial charge in [0.25, 0.3) is 0 Å². The first-order valence-electron chi connectivity index (χ1n) is 13.8. The SMILES string of the molecule is CC(C)(O)CCC[C@H]1CCC2[C@@H]3CC=C4C[C@@H](OC(=O)CCC(=O)O)CCC4(C)C3CC[C@@]21C. The highest BCUT2D eigenvalue weighted by atomic mass is 16.5. The minimum Gasteiger partial charge on any atom is -0.481 e. The molecule has 34 heavy (non-hydrogen) atoms. The smallest absolute Gasteiger partial charge is 0.306 e. The normalized spacial score (nSPS) is 39.4. The van der Waals surface area contributed by atoms with Gasteiger partial charge in [-0.3, -0.25) is 9.59 Å². The van der Waals surface area contributed by atoms with Crippen molar-refractivity contribution in [3.63, 3.8) is 0 Å². The summed E-state index contributed by atoms with van der Waals surface area (Å²) in [5, 5.41) is 19.0. The Morgan fingerprint density at radius 3 is 2.56 bits per heavy atom. The number of carbonyl (C=O) groups is 2. The molecule has 3 unspecified atom stereocenters. The zero-order valence-corrected chi connectivity index (χ0v) is 21.8. The van der Waals surface area contributed by atoms with Gasteiger partial charge < -0.3 is 14.9 Å². The van der Waals surface area contributed by atoms with Crippen LogP contribution in [0, 0.1) is 34.5 Å². The van der Waals surface area contributed by atoms with Crippen LogP contribution in [0.15, 0.2) is 11.6 Å². The van der Waals surface area contributed by atoms with Crippen LogP contribution in [-0.2, 0) is 14.3 Å². The van der Waals surface area contributed by atoms with E-state index in [1.165, 1.54) is 37.7 Å². The number of carbonyl (C=O) groups excluding carboxylic acids is 1. The van der Waals surface area contributed by atoms with E-state index in [0.717, 1.165) is 62.2 Å². The third-order valence-electron chi connectivity index (χ3n) is 10.4. The van der Waals surface area contributed by atoms with Gasteiger partial charge in [-0.05, 0) is 106 Å². The summed E-state index contributed by atoms with van der Waals surface area (Å²) in [6, 6.07) is 0. The van der Waals surface area contributed by atoms with Crippen LogP contribution in [-0.4, -0.2) is 33.9 Å². The Bertz CT molecular complexity index is 810. The molecule has 0 spiro atoms. The molecule has 0 aromatic heterocycles. The van der Waals surface area contributed by atoms with Crippen molar-refractivity contribution in [1.82, 2.24) is 0 Å². The van der Waals surface area contributed by atoms with Crippen LogP contribution >= 0.6 is 0 Å². The fourth-order valence-electron chi connectivity index (χ4n) is 8.55. The number of allylic oxidation sites excluding steroid dienone is 1. The van der Waals surface area contributed by atoms with Crippen molar-refractivity contribution in [1.29, 1.82) is 0 Å². The third-order valence-corrected chi connectivity index (χ3v) is 10.4. The molecule has 0 aromatic carbocycles. The summed E-state index contributed by atoms with van der Waals surface area (Å²) < 4.78 is 5.67. The van der Waals surface area contributed by atoms with E-state index in [2.05, 4.69) is 19.9 Å². The zero-order chi connectivity index (χ0) is 24.7. The second kappa shape index (κ2) is 9.59. The second-order valence-electron chi connectivity index (χ2n) is 13.0. The maximum atomic E-state index is 12.1. The molecule has 3 fully saturated rings. The molecule has 0 aliphatic heterocycles. The standard InChI is InChI=1S/C29H46O5/c1-27(2,33)15-5-6-19-8-10-23-22-9-7-20-18-21(34-26(32)12-11-25(30)31)13-16-29(20,4)24(22)14-17-28(19,23)3/h7,19,21-24,33H,5-6,8-18H2,1-4H3,(H,30,31)/t19-,21-,22-,23?,24?,28+,29?/m0/s1. The summed E-state index contributed by atoms with van der Waals surface area (Å²) in [7, 11) is 0. The predicted octanol–water partition coefficient (Wildman–Crippen LogP) is 6.28. The molecular formula is C29H46O5. The molecule has 4 aliphatic carbocycles. The zero-order valence-electron chi connectivity index (χ0n) is 21.8. The van der Waals surface area contributed by atoms with Gasteiger partial charge >= 0.3 is 11.9 Å². The summed E-state index contributed by atoms with van der Waals surface area (Å²) >= 11 is 0. The quantitative estimate of drug-likeness (QED) is 0.319. The second-order valence-corrected chi connectivity index (χ2v) is 13.0. The molecule has 0 saturated heterocycles. The van der Waals surface area contributed by atoms with E-state index >= 15 is 0 Å². The minimum atomic E-state index is -0.954. The van der Waals surface area contributed by atoms with E-state index in [-0.39, 0.29) is 30.3 Å². The highest BCUT2D eigenvalue weighted by molar-refractivity contribution is 5.76. The lowest BCUT2D eigenvalue weighted by Crippen LogP contribution is -2.50. The molecule has 5 nitrogen and oxygen atoms in total. The fourth-order valence-corrected chi connectivity index (χ4v) is 8.55. The molecule has 0 heterocycles. The largest absolute Gasteiger partial charge is 0.481 e. The van der Waals surface area contributed by atoms with Gasteiger partial charge in [0.05, 0.1) is 18.4 Å². The van der Waals surface area contributed by atoms with Gasteiger partial charge in [-0.25, -0.2) is 0 Å². The number of hydrogen-bond donors (Lipinski definition) is 2. The summed E-state index contributed by atoms with van der Waals surface area (Å²) in [4.78, 5) is 22.8. The lowest BCUT2D eigenvalue weighted by atomic mass is 9.47. The van der Waals surface area contributed by atoms with Crippen LogP contribution in [0.4, 0.5) is 0 Å². The van der Waals surface area contributed by atoms with Crippen molar-refractivity contribution < 1.29 is 24.5 Å². The molecule has 5 heteroatoms. The summed E-state index contributed by atoms with van der Waals surface area (Å²) in [6.45, 7) is 8.90. The maximum absolute atomic E-state index is 12.1. The number of carboxylic acids is 1. The number of aliphatic carboxylic acids is 1. The number of carboxylic acid groups (broad SMARTS) is 1. The topological polar surface area (TPSA) is 83.8 Å². The van der Waals surface area contributed by atoms with Crippen molar-refractivity contribution in [2.75, 3.05) is 0 Å². The van der Waals surface area contributed by atoms with Crippen LogP contribution in [0.1, 0.15) is 111 Å². The predicted molar refractivity (Wildman–Crippen MR) is 132 cm³/mol. The highest BCUT2D eigenvalue weighted by Gasteiger charge is 2.58. The van der Waals surface area contributed by atoms with Crippen LogP contribution in [0.2, 0.25) is 0 Å². The molecule has 7 atom stereocenters. The van der Waals surface area contributed by atoms with Crippen molar-refractivity contribution in [3.05, 3.63) is 11.6 Å². The molecule has 2 N–H and O–H groups in total. The number of hydrogen-bond acceptors (Lipinski definition) is 4. The lowest BCUT2D eigenvalue weighted by molar-refractivity contribution is -0.154. The molecule has 4 aliphatic rings. The first kappa shape index (κ1) is 25.7. The average molecular weight is 475 g/mol. The Balaban J connectivity index is 1.40. The van der Waals surface area contributed by atoms with Gasteiger partial charge in [0, 0.05) is 6.42 Å². The summed E-state index contributed by atoms with van der Waals surface area (Å²) in [5.41, 5.74) is 1.59. The minimum absolute atomic E-state index is 0.0376. The molecular weight excluding hydrogens is 428 g/mol. The number of fused-ring (bicyclic) bond motifs is 5. The van der Waals surface area contributed by atoms with Gasteiger partial charge in [0.1, 0.15) is 6.10 Å². The van der Waals surface area contributed by atoms with E-state index in [1.807, 2.05) is 13.8 Å². The highest BCUT2D eigenvalue weighted by Crippen LogP contribution is 2.66. The Kier molecular flexibility index (Phi) is 7.26. The first-order valence-corrected chi connectivity index (χ1v) is 13.8. The lowest BCUT2D eigenvalue weighted by Gasteiger charge is -2.58. The van der Waals surface area contributed by atoms with Gasteiger partial charge in [0.15, 0.2) is 0 Å². The van der Waals surface area contributed by atoms with E-state index < -0.39 is 11.6 Å². The van der Waals surface area contributed by atoms with Crippen molar-refractivity contribution in [2.45, 2.75) is 123 Å². The Morgan fingerprint density at radius 2 is 1.85 bits per heavy atom. The van der Waals surface area contributed by atoms with E-state index in [9.17, 15) is 14.7 Å². The third kappa shape index (κ3) is 5.10. The van der Waals surface area contributed by atoms with E-state index in [1.54, 1.807) is 0 Å². The monoisotopic (exact) mass is 474 g/mol. The van der Waals surface area contributed by atoms with E-state index in [4.69, 9.17) is 9.84 Å². The number of rotatable bonds is 8. The van der Waals surface area contributed by atoms with Crippen LogP contribution in [0.3, 0.4) is 0 Å². The van der Waals surface area contributed by atoms with Crippen LogP contribution < -0.4 is 0 Å². The van der Waals surface area contributed by atoms with Crippen molar-refractivity contribution >= 4 is 11.9 Å². The molecule has 192 valence electrons. The number of ether oxygens (including phenoxy) is 1. The van der Waals surface area contributed by atoms with Crippen LogP contribution in [0.25, 0.3) is 0 Å². The van der Waals surface area contributed by atoms with Gasteiger partial charge in [-0.15, -0.1) is 0 Å². The Hall–Kier alpha value is -1.36. The first-order chi connectivity index (χ1) is 15.9. The molecule has 0 radical (unpaired) electrons. The van der Waals surface area contributed by atoms with Crippen molar-refractivity contribution in [2.24, 2.45) is 34.5 Å². The van der Waals surface area contributed by atoms with Gasteiger partial charge in [0.2, 0.25) is 0 Å². The molecule has 0 bridgehead atoms. The molecule has 0 amide bonds. The maximum Gasteiger partial charge on any atom is 0.306 e.